The maximum Gasteiger partial charge on any atom is 0.221 e. The molecule has 1 saturated heterocycles. The van der Waals surface area contributed by atoms with E-state index in [0.29, 0.717) is 6.04 Å². The number of nitrogens with zero attached hydrogens (tertiary/aromatic N) is 2. The van der Waals surface area contributed by atoms with Gasteiger partial charge in [-0.15, -0.1) is 0 Å². The third kappa shape index (κ3) is 2.61. The Hall–Kier alpha value is -1.26. The lowest BCUT2D eigenvalue weighted by Gasteiger charge is -2.35. The Bertz CT molecular complexity index is 231. The number of nitrogens with one attached hydrogen (secondary N) is 1. The fraction of sp³-hybridized carbons (Fsp3) is 0.778. The van der Waals surface area contributed by atoms with Crippen molar-refractivity contribution in [3.05, 3.63) is 0 Å². The van der Waals surface area contributed by atoms with Crippen molar-refractivity contribution in [1.82, 2.24) is 4.90 Å². The summed E-state index contributed by atoms with van der Waals surface area (Å²) in [4.78, 5) is 5.77. The second-order valence-corrected chi connectivity index (χ2v) is 3.61. The van der Waals surface area contributed by atoms with E-state index in [1.165, 1.54) is 6.42 Å². The molecule has 0 aromatic carbocycles. The summed E-state index contributed by atoms with van der Waals surface area (Å²) in [5.74, 6) is 0.173. The summed E-state index contributed by atoms with van der Waals surface area (Å²) in [5, 5.41) is 7.73. The van der Waals surface area contributed by atoms with E-state index in [1.54, 1.807) is 0 Å². The first kappa shape index (κ1) is 10.8. The molecule has 0 spiro atoms. The monoisotopic (exact) mass is 197 g/mol. The summed E-state index contributed by atoms with van der Waals surface area (Å²) in [6.45, 7) is 3.03. The van der Waals surface area contributed by atoms with Crippen LogP contribution in [0.2, 0.25) is 0 Å². The first-order valence-corrected chi connectivity index (χ1v) is 5.10. The second-order valence-electron chi connectivity index (χ2n) is 3.61. The van der Waals surface area contributed by atoms with E-state index in [2.05, 4.69) is 11.9 Å². The van der Waals surface area contributed by atoms with Crippen molar-refractivity contribution in [2.75, 3.05) is 6.54 Å². The molecule has 0 aliphatic carbocycles. The average Bonchev–Trinajstić information content (AvgIpc) is 2.16. The number of rotatable bonds is 1. The summed E-state index contributed by atoms with van der Waals surface area (Å²) in [7, 11) is 0. The van der Waals surface area contributed by atoms with Gasteiger partial charge in [-0.1, -0.05) is 6.92 Å². The van der Waals surface area contributed by atoms with Crippen molar-refractivity contribution in [1.29, 1.82) is 5.41 Å². The van der Waals surface area contributed by atoms with Gasteiger partial charge in [0.05, 0.1) is 0 Å². The number of aliphatic imine (C=N–C) groups is 1. The minimum Gasteiger partial charge on any atom is -0.370 e. The predicted molar refractivity (Wildman–Crippen MR) is 58.2 cm³/mol. The molecule has 1 aliphatic rings. The quantitative estimate of drug-likeness (QED) is 0.421. The van der Waals surface area contributed by atoms with Crippen LogP contribution in [0.25, 0.3) is 0 Å². The van der Waals surface area contributed by atoms with Crippen molar-refractivity contribution in [2.24, 2.45) is 16.5 Å². The van der Waals surface area contributed by atoms with Crippen LogP contribution < -0.4 is 11.5 Å². The zero-order valence-corrected chi connectivity index (χ0v) is 8.66. The van der Waals surface area contributed by atoms with Gasteiger partial charge in [-0.2, -0.15) is 4.99 Å². The van der Waals surface area contributed by atoms with Crippen LogP contribution in [0.3, 0.4) is 0 Å². The molecule has 5 N–H and O–H groups in total. The zero-order valence-electron chi connectivity index (χ0n) is 8.66. The molecular formula is C9H19N5. The van der Waals surface area contributed by atoms with Gasteiger partial charge in [0.15, 0.2) is 5.96 Å². The van der Waals surface area contributed by atoms with E-state index in [4.69, 9.17) is 16.9 Å². The molecule has 1 atom stereocenters. The third-order valence-corrected chi connectivity index (χ3v) is 2.61. The van der Waals surface area contributed by atoms with Crippen molar-refractivity contribution in [2.45, 2.75) is 38.6 Å². The fourth-order valence-corrected chi connectivity index (χ4v) is 1.89. The summed E-state index contributed by atoms with van der Waals surface area (Å²) >= 11 is 0. The number of piperidine rings is 1. The van der Waals surface area contributed by atoms with Crippen LogP contribution in [-0.2, 0) is 0 Å². The molecule has 0 aromatic heterocycles. The first-order valence-electron chi connectivity index (χ1n) is 5.10. The highest BCUT2D eigenvalue weighted by molar-refractivity contribution is 5.91. The Morgan fingerprint density at radius 1 is 1.50 bits per heavy atom. The lowest BCUT2D eigenvalue weighted by molar-refractivity contribution is 0.232. The minimum atomic E-state index is -0.0320. The minimum absolute atomic E-state index is 0.0320. The van der Waals surface area contributed by atoms with Gasteiger partial charge in [0.2, 0.25) is 5.96 Å². The molecule has 14 heavy (non-hydrogen) atoms. The van der Waals surface area contributed by atoms with Crippen LogP contribution in [0, 0.1) is 5.41 Å². The summed E-state index contributed by atoms with van der Waals surface area (Å²) in [6, 6.07) is 0.430. The molecule has 1 aliphatic heterocycles. The van der Waals surface area contributed by atoms with Crippen molar-refractivity contribution in [3.63, 3.8) is 0 Å². The van der Waals surface area contributed by atoms with Gasteiger partial charge in [-0.05, 0) is 25.7 Å². The predicted octanol–water partition coefficient (Wildman–Crippen LogP) is 0.459. The standard InChI is InChI=1S/C9H19N5/c1-2-7-5-3-4-6-14(7)9(12)13-8(10)11/h7H,2-6H2,1H3,(H5,10,11,12,13). The number of hydrogen-bond acceptors (Lipinski definition) is 1. The third-order valence-electron chi connectivity index (χ3n) is 2.61. The van der Waals surface area contributed by atoms with E-state index < -0.39 is 0 Å². The normalized spacial score (nSPS) is 21.8. The first-order chi connectivity index (χ1) is 6.65. The Morgan fingerprint density at radius 3 is 2.79 bits per heavy atom. The molecular weight excluding hydrogens is 178 g/mol. The summed E-state index contributed by atoms with van der Waals surface area (Å²) < 4.78 is 0. The molecule has 5 nitrogen and oxygen atoms in total. The van der Waals surface area contributed by atoms with Gasteiger partial charge in [-0.25, -0.2) is 0 Å². The van der Waals surface area contributed by atoms with Crippen molar-refractivity contribution < 1.29 is 0 Å². The number of likely N-dealkylation sites (tertiary alicyclic amines) is 1. The number of nitrogens with two attached hydrogens (primary N) is 2. The van der Waals surface area contributed by atoms with Gasteiger partial charge < -0.3 is 16.4 Å². The fourth-order valence-electron chi connectivity index (χ4n) is 1.89. The molecule has 0 radical (unpaired) electrons. The van der Waals surface area contributed by atoms with Crippen LogP contribution in [0.15, 0.2) is 4.99 Å². The second kappa shape index (κ2) is 4.83. The van der Waals surface area contributed by atoms with Gasteiger partial charge in [0.1, 0.15) is 0 Å². The maximum atomic E-state index is 7.73. The molecule has 80 valence electrons. The highest BCUT2D eigenvalue weighted by Crippen LogP contribution is 2.19. The summed E-state index contributed by atoms with van der Waals surface area (Å²) in [5.41, 5.74) is 10.5. The van der Waals surface area contributed by atoms with Crippen LogP contribution >= 0.6 is 0 Å². The molecule has 1 rings (SSSR count). The maximum absolute atomic E-state index is 7.73. The molecule has 0 saturated carbocycles. The number of hydrogen-bond donors (Lipinski definition) is 3. The van der Waals surface area contributed by atoms with Gasteiger partial charge in [0.25, 0.3) is 0 Å². The van der Waals surface area contributed by atoms with E-state index in [0.717, 1.165) is 25.8 Å². The summed E-state index contributed by atoms with van der Waals surface area (Å²) in [6.07, 6.45) is 4.55. The lowest BCUT2D eigenvalue weighted by Crippen LogP contribution is -2.43. The Morgan fingerprint density at radius 2 is 2.21 bits per heavy atom. The molecule has 0 bridgehead atoms. The van der Waals surface area contributed by atoms with Crippen LogP contribution in [-0.4, -0.2) is 29.4 Å². The topological polar surface area (TPSA) is 91.5 Å². The van der Waals surface area contributed by atoms with E-state index >= 15 is 0 Å². The van der Waals surface area contributed by atoms with Gasteiger partial charge >= 0.3 is 0 Å². The smallest absolute Gasteiger partial charge is 0.221 e. The van der Waals surface area contributed by atoms with Crippen molar-refractivity contribution >= 4 is 11.9 Å². The van der Waals surface area contributed by atoms with E-state index in [-0.39, 0.29) is 11.9 Å². The van der Waals surface area contributed by atoms with Gasteiger partial charge in [0, 0.05) is 12.6 Å². The average molecular weight is 197 g/mol. The Balaban J connectivity index is 2.63. The van der Waals surface area contributed by atoms with Crippen LogP contribution in [0.1, 0.15) is 32.6 Å². The Kier molecular flexibility index (Phi) is 3.73. The van der Waals surface area contributed by atoms with Crippen molar-refractivity contribution in [3.8, 4) is 0 Å². The number of guanidine groups is 2. The van der Waals surface area contributed by atoms with E-state index in [1.807, 2.05) is 4.90 Å². The Labute approximate surface area is 84.7 Å². The molecule has 1 unspecified atom stereocenters. The molecule has 5 heteroatoms. The lowest BCUT2D eigenvalue weighted by atomic mass is 10.0. The van der Waals surface area contributed by atoms with Crippen LogP contribution in [0.5, 0.6) is 0 Å². The van der Waals surface area contributed by atoms with Gasteiger partial charge in [-0.3, -0.25) is 5.41 Å². The molecule has 1 fully saturated rings. The highest BCUT2D eigenvalue weighted by Gasteiger charge is 2.22. The van der Waals surface area contributed by atoms with Crippen LogP contribution in [0.4, 0.5) is 0 Å². The zero-order chi connectivity index (χ0) is 10.6. The highest BCUT2D eigenvalue weighted by atomic mass is 15.3. The SMILES string of the molecule is CCC1CCCCN1C(=N)N=C(N)N. The van der Waals surface area contributed by atoms with E-state index in [9.17, 15) is 0 Å². The molecule has 0 aromatic rings. The largest absolute Gasteiger partial charge is 0.370 e. The molecule has 1 heterocycles. The molecule has 0 amide bonds.